The number of rotatable bonds is 7. The number of anilines is 1. The highest BCUT2D eigenvalue weighted by atomic mass is 35.5. The Hall–Kier alpha value is -2.51. The Kier molecular flexibility index (Phi) is 6.36. The van der Waals surface area contributed by atoms with Gasteiger partial charge < -0.3 is 10.1 Å². The van der Waals surface area contributed by atoms with Gasteiger partial charge in [-0.15, -0.1) is 5.10 Å². The van der Waals surface area contributed by atoms with Crippen LogP contribution in [0.15, 0.2) is 47.6 Å². The van der Waals surface area contributed by atoms with Crippen LogP contribution in [0.4, 0.5) is 5.69 Å². The van der Waals surface area contributed by atoms with E-state index in [4.69, 9.17) is 16.3 Å². The number of H-pyrrole nitrogens is 1. The fourth-order valence-corrected chi connectivity index (χ4v) is 3.06. The number of hydrogen-bond acceptors (Lipinski definition) is 5. The molecule has 0 unspecified atom stereocenters. The van der Waals surface area contributed by atoms with Crippen LogP contribution in [0.3, 0.4) is 0 Å². The van der Waals surface area contributed by atoms with Gasteiger partial charge in [0.1, 0.15) is 12.4 Å². The number of nitrogens with zero attached hydrogens (tertiary/aromatic N) is 2. The van der Waals surface area contributed by atoms with E-state index in [1.165, 1.54) is 11.8 Å². The van der Waals surface area contributed by atoms with Crippen molar-refractivity contribution >= 4 is 35.0 Å². The Labute approximate surface area is 166 Å². The second-order valence-corrected chi connectivity index (χ2v) is 7.32. The second-order valence-electron chi connectivity index (χ2n) is 5.97. The molecule has 0 bridgehead atoms. The quantitative estimate of drug-likeness (QED) is 0.573. The molecule has 0 aliphatic heterocycles. The minimum Gasteiger partial charge on any atom is -0.486 e. The van der Waals surface area contributed by atoms with E-state index in [0.29, 0.717) is 21.7 Å². The molecular formula is C19H19ClN4O2S. The predicted octanol–water partition coefficient (Wildman–Crippen LogP) is 4.38. The van der Waals surface area contributed by atoms with Crippen molar-refractivity contribution in [3.63, 3.8) is 0 Å². The normalized spacial score (nSPS) is 10.6. The number of carbonyl (C=O) groups excluding carboxylic acids is 1. The monoisotopic (exact) mass is 402 g/mol. The van der Waals surface area contributed by atoms with Gasteiger partial charge in [-0.2, -0.15) is 0 Å². The smallest absolute Gasteiger partial charge is 0.234 e. The van der Waals surface area contributed by atoms with Crippen molar-refractivity contribution in [2.75, 3.05) is 11.1 Å². The van der Waals surface area contributed by atoms with Crippen molar-refractivity contribution in [1.29, 1.82) is 0 Å². The van der Waals surface area contributed by atoms with Crippen LogP contribution in [-0.4, -0.2) is 26.8 Å². The summed E-state index contributed by atoms with van der Waals surface area (Å²) in [5, 5.41) is 10.8. The molecule has 0 radical (unpaired) electrons. The summed E-state index contributed by atoms with van der Waals surface area (Å²) < 4.78 is 5.68. The number of aromatic nitrogens is 3. The van der Waals surface area contributed by atoms with E-state index in [1.54, 1.807) is 6.07 Å². The maximum absolute atomic E-state index is 12.1. The predicted molar refractivity (Wildman–Crippen MR) is 107 cm³/mol. The van der Waals surface area contributed by atoms with Gasteiger partial charge in [0.15, 0.2) is 5.82 Å². The van der Waals surface area contributed by atoms with E-state index in [2.05, 4.69) is 20.5 Å². The maximum Gasteiger partial charge on any atom is 0.234 e. The lowest BCUT2D eigenvalue weighted by Crippen LogP contribution is -2.14. The molecule has 140 valence electrons. The first-order valence-corrected chi connectivity index (χ1v) is 9.65. The number of ether oxygens (including phenoxy) is 1. The molecule has 0 saturated heterocycles. The van der Waals surface area contributed by atoms with Crippen LogP contribution < -0.4 is 10.1 Å². The summed E-state index contributed by atoms with van der Waals surface area (Å²) in [6, 6.07) is 13.2. The van der Waals surface area contributed by atoms with Crippen molar-refractivity contribution in [3.05, 3.63) is 64.4 Å². The molecule has 8 heteroatoms. The minimum absolute atomic E-state index is 0.151. The zero-order valence-electron chi connectivity index (χ0n) is 15.0. The average molecular weight is 403 g/mol. The van der Waals surface area contributed by atoms with Crippen LogP contribution in [0.5, 0.6) is 5.75 Å². The Balaban J connectivity index is 1.47. The van der Waals surface area contributed by atoms with Crippen molar-refractivity contribution in [1.82, 2.24) is 15.2 Å². The Morgan fingerprint density at radius 2 is 2.11 bits per heavy atom. The number of benzene rings is 2. The molecule has 3 rings (SSSR count). The number of carbonyl (C=O) groups is 1. The molecule has 2 N–H and O–H groups in total. The molecule has 1 amide bonds. The molecule has 1 heterocycles. The highest BCUT2D eigenvalue weighted by molar-refractivity contribution is 7.99. The molecular weight excluding hydrogens is 384 g/mol. The summed E-state index contributed by atoms with van der Waals surface area (Å²) in [7, 11) is 0. The van der Waals surface area contributed by atoms with E-state index in [9.17, 15) is 4.79 Å². The molecule has 1 aromatic heterocycles. The van der Waals surface area contributed by atoms with Gasteiger partial charge in [0.05, 0.1) is 5.75 Å². The highest BCUT2D eigenvalue weighted by Gasteiger charge is 2.09. The van der Waals surface area contributed by atoms with Gasteiger partial charge in [-0.05, 0) is 49.2 Å². The van der Waals surface area contributed by atoms with Crippen molar-refractivity contribution < 1.29 is 9.53 Å². The van der Waals surface area contributed by atoms with Crippen LogP contribution in [0.1, 0.15) is 17.0 Å². The number of amides is 1. The zero-order valence-corrected chi connectivity index (χ0v) is 16.5. The molecule has 0 atom stereocenters. The summed E-state index contributed by atoms with van der Waals surface area (Å²) in [6.45, 7) is 4.20. The summed E-state index contributed by atoms with van der Waals surface area (Å²) >= 11 is 7.31. The first-order chi connectivity index (χ1) is 13.0. The molecule has 27 heavy (non-hydrogen) atoms. The fraction of sp³-hybridized carbons (Fsp3) is 0.211. The van der Waals surface area contributed by atoms with Crippen LogP contribution >= 0.6 is 23.4 Å². The molecule has 3 aromatic rings. The van der Waals surface area contributed by atoms with E-state index >= 15 is 0 Å². The number of halogens is 1. The van der Waals surface area contributed by atoms with Crippen LogP contribution in [-0.2, 0) is 11.4 Å². The van der Waals surface area contributed by atoms with E-state index in [1.807, 2.05) is 50.2 Å². The summed E-state index contributed by atoms with van der Waals surface area (Å²) in [6.07, 6.45) is 0. The molecule has 2 aromatic carbocycles. The molecule has 0 spiro atoms. The van der Waals surface area contributed by atoms with Crippen LogP contribution in [0.25, 0.3) is 0 Å². The summed E-state index contributed by atoms with van der Waals surface area (Å²) in [5.41, 5.74) is 2.76. The second kappa shape index (κ2) is 8.92. The lowest BCUT2D eigenvalue weighted by atomic mass is 10.2. The van der Waals surface area contributed by atoms with Crippen LogP contribution in [0, 0.1) is 13.8 Å². The number of nitrogens with one attached hydrogen (secondary N) is 2. The third-order valence-electron chi connectivity index (χ3n) is 3.66. The van der Waals surface area contributed by atoms with Crippen LogP contribution in [0.2, 0.25) is 5.02 Å². The van der Waals surface area contributed by atoms with Gasteiger partial charge in [-0.25, -0.2) is 4.98 Å². The van der Waals surface area contributed by atoms with E-state index in [-0.39, 0.29) is 18.3 Å². The van der Waals surface area contributed by atoms with E-state index < -0.39 is 0 Å². The Morgan fingerprint density at radius 3 is 2.89 bits per heavy atom. The lowest BCUT2D eigenvalue weighted by molar-refractivity contribution is -0.113. The molecule has 0 aliphatic carbocycles. The zero-order chi connectivity index (χ0) is 19.2. The topological polar surface area (TPSA) is 79.9 Å². The van der Waals surface area contributed by atoms with Gasteiger partial charge >= 0.3 is 0 Å². The van der Waals surface area contributed by atoms with E-state index in [0.717, 1.165) is 16.9 Å². The average Bonchev–Trinajstić information content (AvgIpc) is 3.09. The number of hydrogen-bond donors (Lipinski definition) is 2. The van der Waals surface area contributed by atoms with Gasteiger partial charge in [0, 0.05) is 10.7 Å². The lowest BCUT2D eigenvalue weighted by Gasteiger charge is -2.06. The first-order valence-electron chi connectivity index (χ1n) is 8.29. The van der Waals surface area contributed by atoms with Crippen molar-refractivity contribution in [3.8, 4) is 5.75 Å². The minimum atomic E-state index is -0.151. The SMILES string of the molecule is Cc1cccc(OCc2nc(SCC(=O)Nc3ccc(C)c(Cl)c3)n[nH]2)c1. The number of aromatic amines is 1. The van der Waals surface area contributed by atoms with Crippen molar-refractivity contribution in [2.45, 2.75) is 25.6 Å². The largest absolute Gasteiger partial charge is 0.486 e. The Morgan fingerprint density at radius 1 is 1.26 bits per heavy atom. The van der Waals surface area contributed by atoms with Gasteiger partial charge in [-0.1, -0.05) is 41.6 Å². The van der Waals surface area contributed by atoms with Gasteiger partial charge in [0.25, 0.3) is 0 Å². The maximum atomic E-state index is 12.1. The Bertz CT molecular complexity index is 945. The summed E-state index contributed by atoms with van der Waals surface area (Å²) in [4.78, 5) is 16.4. The van der Waals surface area contributed by atoms with Gasteiger partial charge in [-0.3, -0.25) is 9.89 Å². The standard InChI is InChI=1S/C19H19ClN4O2S/c1-12-4-3-5-15(8-12)26-10-17-22-19(24-23-17)27-11-18(25)21-14-7-6-13(2)16(20)9-14/h3-9H,10-11H2,1-2H3,(H,21,25)(H,22,23,24). The number of thioether (sulfide) groups is 1. The highest BCUT2D eigenvalue weighted by Crippen LogP contribution is 2.21. The third kappa shape index (κ3) is 5.74. The number of aryl methyl sites for hydroxylation is 2. The van der Waals surface area contributed by atoms with Crippen molar-refractivity contribution in [2.24, 2.45) is 0 Å². The molecule has 0 aliphatic rings. The fourth-order valence-electron chi connectivity index (χ4n) is 2.26. The molecule has 0 saturated carbocycles. The molecule has 6 nitrogen and oxygen atoms in total. The van der Waals surface area contributed by atoms with Gasteiger partial charge in [0.2, 0.25) is 11.1 Å². The summed E-state index contributed by atoms with van der Waals surface area (Å²) in [5.74, 6) is 1.42. The molecule has 0 fully saturated rings. The third-order valence-corrected chi connectivity index (χ3v) is 4.92. The first kappa shape index (κ1) is 19.3.